The summed E-state index contributed by atoms with van der Waals surface area (Å²) in [6.45, 7) is 1.64. The molecule has 1 aromatic rings. The molecule has 0 saturated carbocycles. The van der Waals surface area contributed by atoms with E-state index in [0.717, 1.165) is 37.9 Å². The minimum Gasteiger partial charge on any atom is -0.399 e. The summed E-state index contributed by atoms with van der Waals surface area (Å²) >= 11 is 0. The van der Waals surface area contributed by atoms with Crippen LogP contribution in [0.4, 0.5) is 5.69 Å². The van der Waals surface area contributed by atoms with Crippen molar-refractivity contribution in [3.63, 3.8) is 0 Å². The Bertz CT molecular complexity index is 541. The third-order valence-electron chi connectivity index (χ3n) is 4.37. The van der Waals surface area contributed by atoms with Crippen LogP contribution < -0.4 is 5.73 Å². The number of benzene rings is 1. The zero-order chi connectivity index (χ0) is 14.8. The average Bonchev–Trinajstić information content (AvgIpc) is 2.96. The van der Waals surface area contributed by atoms with Gasteiger partial charge in [-0.25, -0.2) is 0 Å². The number of aryl methyl sites for hydroxylation is 1. The Morgan fingerprint density at radius 2 is 1.95 bits per heavy atom. The van der Waals surface area contributed by atoms with Gasteiger partial charge in [-0.3, -0.25) is 9.59 Å². The minimum atomic E-state index is -0.192. The molecule has 3 rings (SSSR count). The largest absolute Gasteiger partial charge is 0.399 e. The number of nitrogens with two attached hydrogens (primary N) is 1. The SMILES string of the molecule is Nc1ccc(CCCN2CC(=O)N3CCCC3C2=O)cc1. The standard InChI is InChI=1S/C16H21N3O2/c17-13-7-5-12(6-8-13)3-1-9-18-11-15(20)19-10-2-4-14(19)16(18)21/h5-8,14H,1-4,9-11,17H2. The molecule has 5 heteroatoms. The van der Waals surface area contributed by atoms with Crippen molar-refractivity contribution in [2.45, 2.75) is 31.7 Å². The van der Waals surface area contributed by atoms with Crippen molar-refractivity contribution in [3.8, 4) is 0 Å². The second kappa shape index (κ2) is 5.76. The van der Waals surface area contributed by atoms with Crippen LogP contribution in [0, 0.1) is 0 Å². The molecule has 0 aromatic heterocycles. The molecule has 2 fully saturated rings. The smallest absolute Gasteiger partial charge is 0.245 e. The molecular weight excluding hydrogens is 266 g/mol. The first-order valence-corrected chi connectivity index (χ1v) is 7.58. The van der Waals surface area contributed by atoms with E-state index >= 15 is 0 Å². The molecule has 2 N–H and O–H groups in total. The maximum atomic E-state index is 12.4. The van der Waals surface area contributed by atoms with E-state index in [-0.39, 0.29) is 24.4 Å². The molecule has 21 heavy (non-hydrogen) atoms. The van der Waals surface area contributed by atoms with Gasteiger partial charge in [0.1, 0.15) is 6.04 Å². The van der Waals surface area contributed by atoms with E-state index in [9.17, 15) is 9.59 Å². The number of nitrogens with zero attached hydrogens (tertiary/aromatic N) is 2. The second-order valence-electron chi connectivity index (χ2n) is 5.85. The van der Waals surface area contributed by atoms with Crippen LogP contribution in [0.25, 0.3) is 0 Å². The summed E-state index contributed by atoms with van der Waals surface area (Å²) in [5.74, 6) is 0.231. The lowest BCUT2D eigenvalue weighted by molar-refractivity contribution is -0.153. The van der Waals surface area contributed by atoms with Gasteiger partial charge in [-0.2, -0.15) is 0 Å². The molecule has 1 aromatic carbocycles. The van der Waals surface area contributed by atoms with Gasteiger partial charge in [-0.15, -0.1) is 0 Å². The molecule has 0 aliphatic carbocycles. The molecule has 2 amide bonds. The van der Waals surface area contributed by atoms with Gasteiger partial charge in [0.2, 0.25) is 11.8 Å². The van der Waals surface area contributed by atoms with Crippen LogP contribution in [-0.4, -0.2) is 47.3 Å². The summed E-state index contributed by atoms with van der Waals surface area (Å²) in [6.07, 6.45) is 3.53. The Morgan fingerprint density at radius 3 is 2.71 bits per heavy atom. The summed E-state index contributed by atoms with van der Waals surface area (Å²) < 4.78 is 0. The first-order valence-electron chi connectivity index (χ1n) is 7.58. The molecule has 0 radical (unpaired) electrons. The quantitative estimate of drug-likeness (QED) is 0.841. The molecule has 2 heterocycles. The fraction of sp³-hybridized carbons (Fsp3) is 0.500. The Labute approximate surface area is 124 Å². The zero-order valence-electron chi connectivity index (χ0n) is 12.1. The van der Waals surface area contributed by atoms with E-state index in [2.05, 4.69) is 0 Å². The van der Waals surface area contributed by atoms with Crippen molar-refractivity contribution in [1.29, 1.82) is 0 Å². The highest BCUT2D eigenvalue weighted by Crippen LogP contribution is 2.23. The molecular formula is C16H21N3O2. The predicted octanol–water partition coefficient (Wildman–Crippen LogP) is 1.03. The highest BCUT2D eigenvalue weighted by Gasteiger charge is 2.41. The lowest BCUT2D eigenvalue weighted by Gasteiger charge is -2.36. The van der Waals surface area contributed by atoms with Crippen molar-refractivity contribution in [2.75, 3.05) is 25.4 Å². The van der Waals surface area contributed by atoms with Gasteiger partial charge in [0, 0.05) is 18.8 Å². The number of amides is 2. The molecule has 1 unspecified atom stereocenters. The highest BCUT2D eigenvalue weighted by atomic mass is 16.2. The van der Waals surface area contributed by atoms with Crippen molar-refractivity contribution >= 4 is 17.5 Å². The van der Waals surface area contributed by atoms with Gasteiger partial charge < -0.3 is 15.5 Å². The summed E-state index contributed by atoms with van der Waals surface area (Å²) in [5, 5.41) is 0. The van der Waals surface area contributed by atoms with Gasteiger partial charge in [-0.1, -0.05) is 12.1 Å². The third-order valence-corrected chi connectivity index (χ3v) is 4.37. The summed E-state index contributed by atoms with van der Waals surface area (Å²) in [6, 6.07) is 7.61. The second-order valence-corrected chi connectivity index (χ2v) is 5.85. The normalized spacial score (nSPS) is 21.8. The van der Waals surface area contributed by atoms with E-state index in [4.69, 9.17) is 5.73 Å². The van der Waals surface area contributed by atoms with Crippen LogP contribution in [0.3, 0.4) is 0 Å². The molecule has 5 nitrogen and oxygen atoms in total. The van der Waals surface area contributed by atoms with Crippen LogP contribution in [0.5, 0.6) is 0 Å². The lowest BCUT2D eigenvalue weighted by atomic mass is 10.1. The number of carbonyl (C=O) groups is 2. The van der Waals surface area contributed by atoms with E-state index < -0.39 is 0 Å². The summed E-state index contributed by atoms with van der Waals surface area (Å²) in [7, 11) is 0. The lowest BCUT2D eigenvalue weighted by Crippen LogP contribution is -2.57. The summed E-state index contributed by atoms with van der Waals surface area (Å²) in [5.41, 5.74) is 7.63. The maximum Gasteiger partial charge on any atom is 0.245 e. The fourth-order valence-corrected chi connectivity index (χ4v) is 3.21. The third kappa shape index (κ3) is 2.86. The van der Waals surface area contributed by atoms with E-state index in [1.54, 1.807) is 9.80 Å². The van der Waals surface area contributed by atoms with Gasteiger partial charge in [0.15, 0.2) is 0 Å². The zero-order valence-corrected chi connectivity index (χ0v) is 12.1. The van der Waals surface area contributed by atoms with E-state index in [1.807, 2.05) is 24.3 Å². The fourth-order valence-electron chi connectivity index (χ4n) is 3.21. The number of piperazine rings is 1. The van der Waals surface area contributed by atoms with Gasteiger partial charge in [0.05, 0.1) is 6.54 Å². The molecule has 112 valence electrons. The number of rotatable bonds is 4. The molecule has 2 aliphatic rings. The number of fused-ring (bicyclic) bond motifs is 1. The van der Waals surface area contributed by atoms with Gasteiger partial charge in [0.25, 0.3) is 0 Å². The van der Waals surface area contributed by atoms with Crippen LogP contribution in [0.15, 0.2) is 24.3 Å². The number of hydrogen-bond donors (Lipinski definition) is 1. The Morgan fingerprint density at radius 1 is 1.19 bits per heavy atom. The van der Waals surface area contributed by atoms with Crippen molar-refractivity contribution in [2.24, 2.45) is 0 Å². The Balaban J connectivity index is 1.54. The average molecular weight is 287 g/mol. The minimum absolute atomic E-state index is 0.101. The van der Waals surface area contributed by atoms with Crippen molar-refractivity contribution < 1.29 is 9.59 Å². The number of anilines is 1. The first kappa shape index (κ1) is 13.9. The Hall–Kier alpha value is -2.04. The molecule has 0 bridgehead atoms. The van der Waals surface area contributed by atoms with Crippen LogP contribution in [-0.2, 0) is 16.0 Å². The van der Waals surface area contributed by atoms with Crippen molar-refractivity contribution in [1.82, 2.24) is 9.80 Å². The highest BCUT2D eigenvalue weighted by molar-refractivity contribution is 5.95. The van der Waals surface area contributed by atoms with E-state index in [0.29, 0.717) is 6.54 Å². The maximum absolute atomic E-state index is 12.4. The molecule has 1 atom stereocenters. The molecule has 2 saturated heterocycles. The van der Waals surface area contributed by atoms with Gasteiger partial charge in [-0.05, 0) is 43.4 Å². The number of nitrogen functional groups attached to an aromatic ring is 1. The van der Waals surface area contributed by atoms with Crippen LogP contribution >= 0.6 is 0 Å². The van der Waals surface area contributed by atoms with Crippen LogP contribution in [0.2, 0.25) is 0 Å². The van der Waals surface area contributed by atoms with Gasteiger partial charge >= 0.3 is 0 Å². The molecule has 0 spiro atoms. The monoisotopic (exact) mass is 287 g/mol. The predicted molar refractivity (Wildman–Crippen MR) is 80.5 cm³/mol. The number of carbonyl (C=O) groups excluding carboxylic acids is 2. The number of hydrogen-bond acceptors (Lipinski definition) is 3. The van der Waals surface area contributed by atoms with Crippen LogP contribution in [0.1, 0.15) is 24.8 Å². The molecule has 2 aliphatic heterocycles. The van der Waals surface area contributed by atoms with E-state index in [1.165, 1.54) is 5.56 Å². The first-order chi connectivity index (χ1) is 10.1. The summed E-state index contributed by atoms with van der Waals surface area (Å²) in [4.78, 5) is 27.9. The van der Waals surface area contributed by atoms with Crippen molar-refractivity contribution in [3.05, 3.63) is 29.8 Å². The topological polar surface area (TPSA) is 66.6 Å². The Kier molecular flexibility index (Phi) is 3.82.